The minimum absolute atomic E-state index is 0.342. The van der Waals surface area contributed by atoms with Crippen molar-refractivity contribution in [1.29, 1.82) is 0 Å². The van der Waals surface area contributed by atoms with Crippen molar-refractivity contribution >= 4 is 40.4 Å². The predicted molar refractivity (Wildman–Crippen MR) is 137 cm³/mol. The largest absolute Gasteiger partial charge is 0.368 e. The zero-order valence-corrected chi connectivity index (χ0v) is 19.8. The summed E-state index contributed by atoms with van der Waals surface area (Å²) in [5.74, 6) is -0.719. The number of para-hydroxylation sites is 1. The van der Waals surface area contributed by atoms with Crippen molar-refractivity contribution in [2.75, 3.05) is 11.9 Å². The second-order valence-corrected chi connectivity index (χ2v) is 8.46. The fourth-order valence-corrected chi connectivity index (χ4v) is 4.07. The van der Waals surface area contributed by atoms with Gasteiger partial charge in [0.1, 0.15) is 6.04 Å². The SMILES string of the molecule is C[C@H](NC(=S)Cc1ccccc1)C(=O)NC1N=C(c2ccccn2)c2ccccc2N(C)C1=O. The van der Waals surface area contributed by atoms with Crippen molar-refractivity contribution in [3.63, 3.8) is 0 Å². The first-order valence-corrected chi connectivity index (χ1v) is 11.3. The molecule has 2 heterocycles. The average Bonchev–Trinajstić information content (AvgIpc) is 2.96. The Morgan fingerprint density at radius 1 is 1.06 bits per heavy atom. The molecule has 4 rings (SSSR count). The Hall–Kier alpha value is -3.91. The third kappa shape index (κ3) is 5.18. The van der Waals surface area contributed by atoms with Crippen molar-refractivity contribution in [2.24, 2.45) is 4.99 Å². The van der Waals surface area contributed by atoms with Crippen LogP contribution in [0.1, 0.15) is 23.7 Å². The van der Waals surface area contributed by atoms with Gasteiger partial charge >= 0.3 is 0 Å². The Bertz CT molecular complexity index is 1230. The summed E-state index contributed by atoms with van der Waals surface area (Å²) in [5, 5.41) is 5.83. The molecule has 34 heavy (non-hydrogen) atoms. The highest BCUT2D eigenvalue weighted by molar-refractivity contribution is 7.80. The maximum absolute atomic E-state index is 13.2. The van der Waals surface area contributed by atoms with Gasteiger partial charge in [-0.05, 0) is 30.7 Å². The zero-order chi connectivity index (χ0) is 24.1. The van der Waals surface area contributed by atoms with Gasteiger partial charge in [-0.15, -0.1) is 0 Å². The summed E-state index contributed by atoms with van der Waals surface area (Å²) in [6.45, 7) is 1.70. The number of aliphatic imine (C=N–C) groups is 1. The number of carbonyl (C=O) groups excluding carboxylic acids is 2. The van der Waals surface area contributed by atoms with Gasteiger partial charge < -0.3 is 15.5 Å². The van der Waals surface area contributed by atoms with Gasteiger partial charge in [0.2, 0.25) is 12.1 Å². The number of nitrogens with one attached hydrogen (secondary N) is 2. The van der Waals surface area contributed by atoms with E-state index in [4.69, 9.17) is 12.2 Å². The summed E-state index contributed by atoms with van der Waals surface area (Å²) in [5.41, 5.74) is 3.68. The number of pyridine rings is 1. The third-order valence-corrected chi connectivity index (χ3v) is 5.77. The molecule has 2 aromatic carbocycles. The third-order valence-electron chi connectivity index (χ3n) is 5.51. The van der Waals surface area contributed by atoms with Crippen molar-refractivity contribution in [3.8, 4) is 0 Å². The Balaban J connectivity index is 1.55. The number of hydrogen-bond acceptors (Lipinski definition) is 5. The molecule has 0 saturated carbocycles. The van der Waals surface area contributed by atoms with Crippen LogP contribution < -0.4 is 15.5 Å². The average molecular weight is 472 g/mol. The molecule has 0 spiro atoms. The first-order chi connectivity index (χ1) is 16.4. The molecule has 1 unspecified atom stereocenters. The quantitative estimate of drug-likeness (QED) is 0.540. The molecule has 3 aromatic rings. The Kier molecular flexibility index (Phi) is 7.08. The van der Waals surface area contributed by atoms with Crippen LogP contribution in [-0.4, -0.2) is 46.8 Å². The molecule has 172 valence electrons. The smallest absolute Gasteiger partial charge is 0.272 e. The van der Waals surface area contributed by atoms with Crippen molar-refractivity contribution < 1.29 is 9.59 Å². The summed E-state index contributed by atoms with van der Waals surface area (Å²) in [6.07, 6.45) is 1.09. The van der Waals surface area contributed by atoms with Gasteiger partial charge in [-0.2, -0.15) is 0 Å². The Labute approximate surface area is 203 Å². The van der Waals surface area contributed by atoms with Crippen LogP contribution in [-0.2, 0) is 16.0 Å². The second-order valence-electron chi connectivity index (χ2n) is 7.97. The molecule has 2 N–H and O–H groups in total. The van der Waals surface area contributed by atoms with E-state index in [0.717, 1.165) is 11.1 Å². The molecule has 1 aromatic heterocycles. The van der Waals surface area contributed by atoms with Gasteiger partial charge in [0.05, 0.1) is 22.1 Å². The number of thiocarbonyl (C=S) groups is 1. The number of carbonyl (C=O) groups is 2. The van der Waals surface area contributed by atoms with E-state index in [-0.39, 0.29) is 11.8 Å². The van der Waals surface area contributed by atoms with E-state index in [1.54, 1.807) is 20.2 Å². The first kappa shape index (κ1) is 23.3. The maximum Gasteiger partial charge on any atom is 0.272 e. The van der Waals surface area contributed by atoms with Crippen LogP contribution in [0.25, 0.3) is 0 Å². The fraction of sp³-hybridized carbons (Fsp3) is 0.192. The van der Waals surface area contributed by atoms with Crippen LogP contribution in [0.5, 0.6) is 0 Å². The van der Waals surface area contributed by atoms with Crippen LogP contribution in [0.4, 0.5) is 5.69 Å². The number of anilines is 1. The lowest BCUT2D eigenvalue weighted by Gasteiger charge is -2.22. The molecule has 0 aliphatic carbocycles. The molecule has 1 aliphatic rings. The molecule has 2 atom stereocenters. The predicted octanol–water partition coefficient (Wildman–Crippen LogP) is 2.89. The Morgan fingerprint density at radius 3 is 2.50 bits per heavy atom. The zero-order valence-electron chi connectivity index (χ0n) is 18.9. The molecule has 2 amide bonds. The highest BCUT2D eigenvalue weighted by Gasteiger charge is 2.32. The number of aromatic nitrogens is 1. The summed E-state index contributed by atoms with van der Waals surface area (Å²) in [4.78, 5) is 37.4. The van der Waals surface area contributed by atoms with Crippen LogP contribution in [0.3, 0.4) is 0 Å². The lowest BCUT2D eigenvalue weighted by atomic mass is 10.0. The van der Waals surface area contributed by atoms with E-state index >= 15 is 0 Å². The number of rotatable bonds is 6. The Morgan fingerprint density at radius 2 is 1.76 bits per heavy atom. The number of hydrogen-bond donors (Lipinski definition) is 2. The normalized spacial score (nSPS) is 16.1. The number of benzene rings is 2. The second kappa shape index (κ2) is 10.4. The van der Waals surface area contributed by atoms with E-state index in [0.29, 0.717) is 28.5 Å². The number of likely N-dealkylation sites (N-methyl/N-ethyl adjacent to an activating group) is 1. The lowest BCUT2D eigenvalue weighted by molar-refractivity contribution is -0.128. The van der Waals surface area contributed by atoms with Gasteiger partial charge in [-0.1, -0.05) is 66.8 Å². The van der Waals surface area contributed by atoms with Gasteiger partial charge in [0.25, 0.3) is 5.91 Å². The first-order valence-electron chi connectivity index (χ1n) is 10.9. The molecule has 1 aliphatic heterocycles. The molecule has 0 bridgehead atoms. The molecule has 0 fully saturated rings. The van der Waals surface area contributed by atoms with E-state index in [9.17, 15) is 9.59 Å². The van der Waals surface area contributed by atoms with Crippen molar-refractivity contribution in [2.45, 2.75) is 25.6 Å². The standard InChI is InChI=1S/C26H25N5O2S/c1-17(28-22(34)16-18-10-4-3-5-11-18)25(32)30-24-26(33)31(2)21-14-7-6-12-19(21)23(29-24)20-13-8-9-15-27-20/h3-15,17,24H,16H2,1-2H3,(H,28,34)(H,30,32)/t17-,24?/m0/s1. The molecule has 0 radical (unpaired) electrons. The topological polar surface area (TPSA) is 86.7 Å². The molecule has 0 saturated heterocycles. The van der Waals surface area contributed by atoms with Gasteiger partial charge in [0.15, 0.2) is 0 Å². The van der Waals surface area contributed by atoms with Gasteiger partial charge in [0, 0.05) is 25.2 Å². The summed E-state index contributed by atoms with van der Waals surface area (Å²) >= 11 is 5.43. The highest BCUT2D eigenvalue weighted by atomic mass is 32.1. The summed E-state index contributed by atoms with van der Waals surface area (Å²) < 4.78 is 0. The monoisotopic (exact) mass is 471 g/mol. The number of amides is 2. The van der Waals surface area contributed by atoms with Crippen LogP contribution in [0.2, 0.25) is 0 Å². The minimum Gasteiger partial charge on any atom is -0.368 e. The van der Waals surface area contributed by atoms with E-state index in [2.05, 4.69) is 20.6 Å². The van der Waals surface area contributed by atoms with Gasteiger partial charge in [-0.3, -0.25) is 14.6 Å². The van der Waals surface area contributed by atoms with Crippen LogP contribution in [0, 0.1) is 0 Å². The summed E-state index contributed by atoms with van der Waals surface area (Å²) in [6, 6.07) is 22.1. The van der Waals surface area contributed by atoms with Crippen LogP contribution in [0.15, 0.2) is 84.0 Å². The molecule has 8 heteroatoms. The molecule has 7 nitrogen and oxygen atoms in total. The van der Waals surface area contributed by atoms with Crippen LogP contribution >= 0.6 is 12.2 Å². The highest BCUT2D eigenvalue weighted by Crippen LogP contribution is 2.26. The fourth-order valence-electron chi connectivity index (χ4n) is 3.72. The number of benzodiazepines with no additional fused rings is 1. The number of fused-ring (bicyclic) bond motifs is 1. The van der Waals surface area contributed by atoms with Crippen molar-refractivity contribution in [1.82, 2.24) is 15.6 Å². The number of nitrogens with zero attached hydrogens (tertiary/aromatic N) is 3. The van der Waals surface area contributed by atoms with Gasteiger partial charge in [-0.25, -0.2) is 4.99 Å². The summed E-state index contributed by atoms with van der Waals surface area (Å²) in [7, 11) is 1.67. The lowest BCUT2D eigenvalue weighted by Crippen LogP contribution is -2.52. The van der Waals surface area contributed by atoms with E-state index in [1.165, 1.54) is 4.90 Å². The molecular formula is C26H25N5O2S. The molecular weight excluding hydrogens is 446 g/mol. The van der Waals surface area contributed by atoms with Crippen molar-refractivity contribution in [3.05, 3.63) is 95.8 Å². The maximum atomic E-state index is 13.2. The minimum atomic E-state index is -1.10. The van der Waals surface area contributed by atoms with E-state index < -0.39 is 12.2 Å². The van der Waals surface area contributed by atoms with E-state index in [1.807, 2.05) is 72.8 Å².